The maximum Gasteiger partial charge on any atom is 0.243 e. The second-order valence-electron chi connectivity index (χ2n) is 12.1. The van der Waals surface area contributed by atoms with Crippen molar-refractivity contribution in [3.8, 4) is 23.0 Å². The minimum atomic E-state index is -0.0854. The summed E-state index contributed by atoms with van der Waals surface area (Å²) in [6.45, 7) is 14.6. The molecule has 0 aliphatic carbocycles. The number of carbonyl (C=O) groups excluding carboxylic acids is 2. The molecule has 0 fully saturated rings. The van der Waals surface area contributed by atoms with E-state index in [4.69, 9.17) is 13.9 Å². The van der Waals surface area contributed by atoms with Crippen LogP contribution in [0.25, 0.3) is 45.0 Å². The predicted molar refractivity (Wildman–Crippen MR) is 239 cm³/mol. The molecular formula is C42H51N11O4S2. The number of para-hydroxylation sites is 1. The molecule has 8 aromatic rings. The lowest BCUT2D eigenvalue weighted by Crippen LogP contribution is -2.14. The van der Waals surface area contributed by atoms with Crippen molar-refractivity contribution in [2.45, 2.75) is 64.4 Å². The minimum absolute atomic E-state index is 0. The number of carbonyl (C=O) groups is 2. The summed E-state index contributed by atoms with van der Waals surface area (Å²) in [7, 11) is 0. The van der Waals surface area contributed by atoms with Gasteiger partial charge in [-0.1, -0.05) is 74.6 Å². The Bertz CT molecular complexity index is 2510. The molecule has 59 heavy (non-hydrogen) atoms. The topological polar surface area (TPSA) is 185 Å². The number of aryl methyl sites for hydroxylation is 1. The van der Waals surface area contributed by atoms with Crippen LogP contribution in [0.4, 0.5) is 11.4 Å². The fourth-order valence-electron chi connectivity index (χ4n) is 5.70. The number of aromatic nitrogens is 9. The van der Waals surface area contributed by atoms with E-state index in [0.717, 1.165) is 69.8 Å². The predicted octanol–water partition coefficient (Wildman–Crippen LogP) is 9.44. The average Bonchev–Trinajstić information content (AvgIpc) is 3.90. The van der Waals surface area contributed by atoms with Crippen molar-refractivity contribution in [1.82, 2.24) is 44.5 Å². The van der Waals surface area contributed by atoms with E-state index >= 15 is 0 Å². The molecule has 0 saturated heterocycles. The fourth-order valence-corrected chi connectivity index (χ4v) is 7.35. The van der Waals surface area contributed by atoms with Crippen molar-refractivity contribution < 1.29 is 21.6 Å². The van der Waals surface area contributed by atoms with Gasteiger partial charge in [-0.2, -0.15) is 0 Å². The number of rotatable bonds is 14. The molecule has 2 N–H and O–H groups in total. The summed E-state index contributed by atoms with van der Waals surface area (Å²) < 4.78 is 13.8. The van der Waals surface area contributed by atoms with Crippen LogP contribution < -0.4 is 10.6 Å². The highest BCUT2D eigenvalue weighted by molar-refractivity contribution is 7.99. The summed E-state index contributed by atoms with van der Waals surface area (Å²) in [5.41, 5.74) is 6.08. The van der Waals surface area contributed by atoms with Gasteiger partial charge in [0.05, 0.1) is 11.9 Å². The van der Waals surface area contributed by atoms with Crippen molar-refractivity contribution in [3.63, 3.8) is 0 Å². The number of fused-ring (bicyclic) bond motifs is 2. The van der Waals surface area contributed by atoms with E-state index in [-0.39, 0.29) is 14.5 Å². The summed E-state index contributed by atoms with van der Waals surface area (Å²) >= 11 is 3.04. The van der Waals surface area contributed by atoms with Crippen LogP contribution in [-0.2, 0) is 29.1 Å². The largest absolute Gasteiger partial charge is 0.384 e. The minimum Gasteiger partial charge on any atom is -0.384 e. The molecule has 2 aromatic carbocycles. The Morgan fingerprint density at radius 2 is 1.46 bits per heavy atom. The molecule has 0 bridgehead atoms. The number of benzene rings is 2. The lowest BCUT2D eigenvalue weighted by atomic mass is 10.1. The Morgan fingerprint density at radius 1 is 0.763 bits per heavy atom. The highest BCUT2D eigenvalue weighted by Crippen LogP contribution is 2.29. The first-order valence-corrected chi connectivity index (χ1v) is 21.1. The summed E-state index contributed by atoms with van der Waals surface area (Å²) in [6.07, 6.45) is 7.99. The molecule has 0 atom stereocenters. The number of hydrogen-bond donors (Lipinski definition) is 2. The van der Waals surface area contributed by atoms with E-state index in [2.05, 4.69) is 88.7 Å². The Morgan fingerprint density at radius 3 is 2.14 bits per heavy atom. The van der Waals surface area contributed by atoms with Gasteiger partial charge in [-0.05, 0) is 62.2 Å². The number of thioether (sulfide) groups is 2. The molecule has 15 nitrogen and oxygen atoms in total. The Labute approximate surface area is 353 Å². The number of amides is 1. The zero-order valence-electron chi connectivity index (χ0n) is 33.7. The number of nitrogens with one attached hydrogen (secondary N) is 2. The standard InChI is InChI=1S/C20H18N6OS.C19H21N5O2S.C2H6.CH2O.2H2/c1-2-26-19(18-16-9-10-21-12-14(16)8-11-22-18)24-25-20(26)28-13-17(27)23-15-6-4-3-5-7-15;1-3-13-5-7-14(8-6-13)20-9-10-27-19-23-22-18(24(19)4-2)15-11-16-17(12-21-15)26-25-16;2*1-2;;/h3-12H,2,13H2,1H3,(H,23,27);5-8,11-12,20H,3-4,9-10H2,1-2H3;1-2H3;1H2;2*1H. The first kappa shape index (κ1) is 43.8. The Balaban J connectivity index is 0.000000292. The molecule has 0 unspecified atom stereocenters. The molecule has 310 valence electrons. The second-order valence-corrected chi connectivity index (χ2v) is 14.1. The molecular weight excluding hydrogens is 787 g/mol. The number of anilines is 2. The molecule has 0 aliphatic rings. The SMILES string of the molecule is C=O.CC.CCc1ccc(NCCSc2nnc(-c3cc4ooc4cn3)n2CC)cc1.CCn1c(SCC(=O)Nc2ccccc2)nnc1-c1nccc2cnccc12.[HH].[HH]. The Hall–Kier alpha value is -6.33. The average molecular weight is 838 g/mol. The lowest BCUT2D eigenvalue weighted by Gasteiger charge is -2.09. The van der Waals surface area contributed by atoms with E-state index in [0.29, 0.717) is 28.7 Å². The van der Waals surface area contributed by atoms with E-state index in [9.17, 15) is 4.79 Å². The summed E-state index contributed by atoms with van der Waals surface area (Å²) in [6, 6.07) is 23.6. The van der Waals surface area contributed by atoms with Crippen molar-refractivity contribution >= 4 is 69.5 Å². The van der Waals surface area contributed by atoms with Gasteiger partial charge in [0, 0.05) is 75.0 Å². The quantitative estimate of drug-likeness (QED) is 0.0599. The molecule has 0 spiro atoms. The van der Waals surface area contributed by atoms with Crippen molar-refractivity contribution in [2.24, 2.45) is 0 Å². The van der Waals surface area contributed by atoms with Crippen LogP contribution in [-0.4, -0.2) is 75.2 Å². The molecule has 6 aromatic heterocycles. The van der Waals surface area contributed by atoms with Gasteiger partial charge in [-0.3, -0.25) is 23.9 Å². The zero-order chi connectivity index (χ0) is 42.0. The van der Waals surface area contributed by atoms with E-state index < -0.39 is 0 Å². The van der Waals surface area contributed by atoms with Gasteiger partial charge in [0.25, 0.3) is 0 Å². The van der Waals surface area contributed by atoms with E-state index in [1.165, 1.54) is 17.3 Å². The van der Waals surface area contributed by atoms with Crippen molar-refractivity contribution in [3.05, 3.63) is 103 Å². The van der Waals surface area contributed by atoms with Crippen LogP contribution in [0.2, 0.25) is 0 Å². The highest BCUT2D eigenvalue weighted by atomic mass is 32.2. The van der Waals surface area contributed by atoms with Crippen LogP contribution in [0, 0.1) is 0 Å². The third-order valence-corrected chi connectivity index (χ3v) is 10.5. The van der Waals surface area contributed by atoms with Crippen LogP contribution in [0.3, 0.4) is 0 Å². The van der Waals surface area contributed by atoms with E-state index in [1.54, 1.807) is 36.5 Å². The second kappa shape index (κ2) is 22.6. The smallest absolute Gasteiger partial charge is 0.243 e. The van der Waals surface area contributed by atoms with Gasteiger partial charge in [0.15, 0.2) is 22.0 Å². The van der Waals surface area contributed by atoms with Crippen LogP contribution >= 0.6 is 23.5 Å². The third kappa shape index (κ3) is 11.2. The Kier molecular flexibility index (Phi) is 16.7. The number of pyridine rings is 3. The van der Waals surface area contributed by atoms with Gasteiger partial charge in [-0.25, -0.2) is 4.98 Å². The summed E-state index contributed by atoms with van der Waals surface area (Å²) in [4.78, 5) is 33.3. The fraction of sp³-hybridized carbons (Fsp3) is 0.262. The molecule has 0 radical (unpaired) electrons. The number of nitrogens with zero attached hydrogens (tertiary/aromatic N) is 9. The van der Waals surface area contributed by atoms with Crippen molar-refractivity contribution in [2.75, 3.05) is 28.7 Å². The van der Waals surface area contributed by atoms with Gasteiger partial charge < -0.3 is 24.6 Å². The van der Waals surface area contributed by atoms with Crippen LogP contribution in [0.5, 0.6) is 0 Å². The zero-order valence-corrected chi connectivity index (χ0v) is 35.3. The molecule has 6 heterocycles. The normalized spacial score (nSPS) is 10.5. The van der Waals surface area contributed by atoms with E-state index in [1.807, 2.05) is 80.7 Å². The molecule has 8 rings (SSSR count). The van der Waals surface area contributed by atoms with Gasteiger partial charge in [0.1, 0.15) is 18.2 Å². The number of hydrogen-bond acceptors (Lipinski definition) is 14. The third-order valence-electron chi connectivity index (χ3n) is 8.54. The summed E-state index contributed by atoms with van der Waals surface area (Å²) in [5, 5.41) is 27.2. The molecule has 0 aliphatic heterocycles. The maximum atomic E-state index is 12.2. The van der Waals surface area contributed by atoms with Crippen LogP contribution in [0.15, 0.2) is 117 Å². The lowest BCUT2D eigenvalue weighted by molar-refractivity contribution is -0.113. The van der Waals surface area contributed by atoms with Gasteiger partial charge in [0.2, 0.25) is 17.1 Å². The molecule has 1 amide bonds. The maximum absolute atomic E-state index is 12.2. The molecule has 0 saturated carbocycles. The summed E-state index contributed by atoms with van der Waals surface area (Å²) in [5.74, 6) is 2.48. The van der Waals surface area contributed by atoms with Crippen LogP contribution in [0.1, 0.15) is 43.0 Å². The van der Waals surface area contributed by atoms with Gasteiger partial charge >= 0.3 is 0 Å². The van der Waals surface area contributed by atoms with Crippen molar-refractivity contribution in [1.29, 1.82) is 0 Å². The highest BCUT2D eigenvalue weighted by Gasteiger charge is 2.19. The first-order chi connectivity index (χ1) is 29.0. The first-order valence-electron chi connectivity index (χ1n) is 19.2. The molecule has 17 heteroatoms. The van der Waals surface area contributed by atoms with Gasteiger partial charge in [-0.15, -0.1) is 20.4 Å². The monoisotopic (exact) mass is 837 g/mol.